The summed E-state index contributed by atoms with van der Waals surface area (Å²) in [4.78, 5) is 2.21. The third-order valence-electron chi connectivity index (χ3n) is 2.95. The predicted octanol–water partition coefficient (Wildman–Crippen LogP) is 3.00. The van der Waals surface area contributed by atoms with Crippen molar-refractivity contribution in [2.45, 2.75) is 39.5 Å². The van der Waals surface area contributed by atoms with Gasteiger partial charge in [-0.25, -0.2) is 0 Å². The Labute approximate surface area is 114 Å². The Hall–Kier alpha value is -1.52. The van der Waals surface area contributed by atoms with Crippen LogP contribution < -0.4 is 5.32 Å². The molecule has 0 fully saturated rings. The molecule has 2 aromatic rings. The van der Waals surface area contributed by atoms with Crippen molar-refractivity contribution in [3.63, 3.8) is 0 Å². The molecule has 19 heavy (non-hydrogen) atoms. The van der Waals surface area contributed by atoms with Gasteiger partial charge in [-0.15, -0.1) is 0 Å². The van der Waals surface area contributed by atoms with Gasteiger partial charge in [0.15, 0.2) is 0 Å². The third-order valence-corrected chi connectivity index (χ3v) is 2.95. The van der Waals surface area contributed by atoms with Crippen molar-refractivity contribution in [2.75, 3.05) is 7.05 Å². The van der Waals surface area contributed by atoms with Crippen LogP contribution in [-0.2, 0) is 19.6 Å². The average Bonchev–Trinajstić information content (AvgIpc) is 2.98. The van der Waals surface area contributed by atoms with Crippen molar-refractivity contribution in [2.24, 2.45) is 0 Å². The van der Waals surface area contributed by atoms with Gasteiger partial charge in [-0.3, -0.25) is 4.90 Å². The Morgan fingerprint density at radius 3 is 2.68 bits per heavy atom. The van der Waals surface area contributed by atoms with Crippen LogP contribution in [0.5, 0.6) is 0 Å². The lowest BCUT2D eigenvalue weighted by Crippen LogP contribution is -2.23. The summed E-state index contributed by atoms with van der Waals surface area (Å²) in [7, 11) is 2.08. The van der Waals surface area contributed by atoms with Crippen molar-refractivity contribution in [1.29, 1.82) is 0 Å². The van der Waals surface area contributed by atoms with Gasteiger partial charge in [0.05, 0.1) is 25.6 Å². The summed E-state index contributed by atoms with van der Waals surface area (Å²) in [5, 5.41) is 3.38. The van der Waals surface area contributed by atoms with E-state index in [0.29, 0.717) is 6.04 Å². The zero-order chi connectivity index (χ0) is 13.7. The van der Waals surface area contributed by atoms with Gasteiger partial charge in [0.1, 0.15) is 11.5 Å². The molecule has 0 aromatic carbocycles. The normalized spacial score (nSPS) is 11.6. The van der Waals surface area contributed by atoms with Crippen molar-refractivity contribution < 1.29 is 8.83 Å². The summed E-state index contributed by atoms with van der Waals surface area (Å²) in [6, 6.07) is 6.40. The molecule has 2 aromatic heterocycles. The van der Waals surface area contributed by atoms with E-state index in [4.69, 9.17) is 8.83 Å². The molecule has 1 N–H and O–H groups in total. The Bertz CT molecular complexity index is 474. The number of nitrogens with zero attached hydrogens (tertiary/aromatic N) is 1. The predicted molar refractivity (Wildman–Crippen MR) is 74.6 cm³/mol. The highest BCUT2D eigenvalue weighted by Gasteiger charge is 2.10. The topological polar surface area (TPSA) is 41.6 Å². The maximum Gasteiger partial charge on any atom is 0.122 e. The molecule has 4 heteroatoms. The Morgan fingerprint density at radius 1 is 1.16 bits per heavy atom. The first-order chi connectivity index (χ1) is 9.15. The Morgan fingerprint density at radius 2 is 2.00 bits per heavy atom. The minimum Gasteiger partial charge on any atom is -0.468 e. The van der Waals surface area contributed by atoms with Crippen LogP contribution in [0.15, 0.2) is 39.6 Å². The first-order valence-corrected chi connectivity index (χ1v) is 6.64. The van der Waals surface area contributed by atoms with E-state index in [1.807, 2.05) is 18.2 Å². The van der Waals surface area contributed by atoms with E-state index in [-0.39, 0.29) is 0 Å². The Kier molecular flexibility index (Phi) is 4.82. The molecule has 0 aliphatic carbocycles. The second-order valence-corrected chi connectivity index (χ2v) is 5.16. The first kappa shape index (κ1) is 13.9. The summed E-state index contributed by atoms with van der Waals surface area (Å²) in [5.74, 6) is 1.99. The van der Waals surface area contributed by atoms with Crippen LogP contribution in [0.1, 0.15) is 30.9 Å². The maximum absolute atomic E-state index is 5.54. The molecule has 0 aliphatic heterocycles. The molecule has 2 heterocycles. The van der Waals surface area contributed by atoms with E-state index in [1.165, 1.54) is 5.56 Å². The monoisotopic (exact) mass is 262 g/mol. The van der Waals surface area contributed by atoms with Crippen molar-refractivity contribution >= 4 is 0 Å². The zero-order valence-electron chi connectivity index (χ0n) is 11.8. The van der Waals surface area contributed by atoms with E-state index >= 15 is 0 Å². The molecule has 0 saturated heterocycles. The quantitative estimate of drug-likeness (QED) is 0.833. The van der Waals surface area contributed by atoms with E-state index in [1.54, 1.807) is 12.5 Å². The molecule has 104 valence electrons. The molecule has 4 nitrogen and oxygen atoms in total. The molecule has 0 amide bonds. The zero-order valence-corrected chi connectivity index (χ0v) is 11.8. The van der Waals surface area contributed by atoms with Gasteiger partial charge in [0, 0.05) is 18.2 Å². The molecule has 0 aliphatic rings. The minimum absolute atomic E-state index is 0.457. The summed E-state index contributed by atoms with van der Waals surface area (Å²) in [6.07, 6.45) is 3.46. The molecular formula is C15H22N2O2. The van der Waals surface area contributed by atoms with Crippen LogP contribution in [0.3, 0.4) is 0 Å². The molecule has 2 rings (SSSR count). The smallest absolute Gasteiger partial charge is 0.122 e. The molecular weight excluding hydrogens is 240 g/mol. The van der Waals surface area contributed by atoms with Crippen LogP contribution in [-0.4, -0.2) is 18.0 Å². The number of hydrogen-bond acceptors (Lipinski definition) is 4. The van der Waals surface area contributed by atoms with E-state index in [2.05, 4.69) is 31.1 Å². The van der Waals surface area contributed by atoms with Gasteiger partial charge < -0.3 is 14.2 Å². The molecule has 0 saturated carbocycles. The largest absolute Gasteiger partial charge is 0.468 e. The SMILES string of the molecule is CC(C)NCc1occc1CN(C)Cc1ccco1. The van der Waals surface area contributed by atoms with Crippen molar-refractivity contribution in [3.05, 3.63) is 47.8 Å². The second kappa shape index (κ2) is 6.59. The van der Waals surface area contributed by atoms with Crippen LogP contribution in [0.2, 0.25) is 0 Å². The summed E-state index contributed by atoms with van der Waals surface area (Å²) >= 11 is 0. The van der Waals surface area contributed by atoms with E-state index in [0.717, 1.165) is 31.2 Å². The highest BCUT2D eigenvalue weighted by Crippen LogP contribution is 2.14. The number of furan rings is 2. The molecule has 0 radical (unpaired) electrons. The highest BCUT2D eigenvalue weighted by atomic mass is 16.3. The van der Waals surface area contributed by atoms with Crippen LogP contribution >= 0.6 is 0 Å². The summed E-state index contributed by atoms with van der Waals surface area (Å²) in [5.41, 5.74) is 1.22. The van der Waals surface area contributed by atoms with Gasteiger partial charge in [-0.2, -0.15) is 0 Å². The van der Waals surface area contributed by atoms with Crippen molar-refractivity contribution in [3.8, 4) is 0 Å². The molecule has 0 spiro atoms. The second-order valence-electron chi connectivity index (χ2n) is 5.16. The van der Waals surface area contributed by atoms with Gasteiger partial charge in [0.2, 0.25) is 0 Å². The fourth-order valence-electron chi connectivity index (χ4n) is 1.98. The fraction of sp³-hybridized carbons (Fsp3) is 0.467. The van der Waals surface area contributed by atoms with E-state index < -0.39 is 0 Å². The highest BCUT2D eigenvalue weighted by molar-refractivity contribution is 5.17. The van der Waals surface area contributed by atoms with Gasteiger partial charge in [-0.1, -0.05) is 13.8 Å². The van der Waals surface area contributed by atoms with Crippen LogP contribution in [0.25, 0.3) is 0 Å². The van der Waals surface area contributed by atoms with E-state index in [9.17, 15) is 0 Å². The third kappa shape index (κ3) is 4.26. The number of rotatable bonds is 7. The fourth-order valence-corrected chi connectivity index (χ4v) is 1.98. The number of nitrogens with one attached hydrogen (secondary N) is 1. The summed E-state index contributed by atoms with van der Waals surface area (Å²) in [6.45, 7) is 6.69. The lowest BCUT2D eigenvalue weighted by atomic mass is 10.2. The van der Waals surface area contributed by atoms with Crippen LogP contribution in [0, 0.1) is 0 Å². The summed E-state index contributed by atoms with van der Waals surface area (Å²) < 4.78 is 10.9. The maximum atomic E-state index is 5.54. The van der Waals surface area contributed by atoms with Gasteiger partial charge in [-0.05, 0) is 25.2 Å². The number of hydrogen-bond donors (Lipinski definition) is 1. The first-order valence-electron chi connectivity index (χ1n) is 6.64. The standard InChI is InChI=1S/C15H22N2O2/c1-12(2)16-9-15-13(6-8-19-15)10-17(3)11-14-5-4-7-18-14/h4-8,12,16H,9-11H2,1-3H3. The lowest BCUT2D eigenvalue weighted by molar-refractivity contribution is 0.284. The Balaban J connectivity index is 1.89. The average molecular weight is 262 g/mol. The lowest BCUT2D eigenvalue weighted by Gasteiger charge is -2.15. The molecule has 0 atom stereocenters. The molecule has 0 bridgehead atoms. The molecule has 0 unspecified atom stereocenters. The van der Waals surface area contributed by atoms with Crippen molar-refractivity contribution in [1.82, 2.24) is 10.2 Å². The van der Waals surface area contributed by atoms with Gasteiger partial charge >= 0.3 is 0 Å². The van der Waals surface area contributed by atoms with Gasteiger partial charge in [0.25, 0.3) is 0 Å². The van der Waals surface area contributed by atoms with Crippen LogP contribution in [0.4, 0.5) is 0 Å². The minimum atomic E-state index is 0.457.